The van der Waals surface area contributed by atoms with E-state index in [1.807, 2.05) is 25.1 Å². The molecule has 0 aliphatic heterocycles. The highest BCUT2D eigenvalue weighted by Gasteiger charge is 2.23. The monoisotopic (exact) mass is 253 g/mol. The molecule has 1 rings (SSSR count). The van der Waals surface area contributed by atoms with Gasteiger partial charge in [-0.05, 0) is 25.3 Å². The van der Waals surface area contributed by atoms with Crippen molar-refractivity contribution in [2.24, 2.45) is 0 Å². The molecule has 0 bridgehead atoms. The van der Waals surface area contributed by atoms with E-state index >= 15 is 0 Å². The van der Waals surface area contributed by atoms with Crippen molar-refractivity contribution >= 4 is 14.5 Å². The van der Waals surface area contributed by atoms with E-state index < -0.39 is 9.28 Å². The Balaban J connectivity index is 2.83. The van der Waals surface area contributed by atoms with Crippen LogP contribution in [0.5, 0.6) is 5.75 Å². The normalized spacial score (nSPS) is 11.1. The lowest BCUT2D eigenvalue weighted by Crippen LogP contribution is -2.38. The molecular formula is C13H21O3Si. The van der Waals surface area contributed by atoms with E-state index in [1.54, 1.807) is 0 Å². The third-order valence-electron chi connectivity index (χ3n) is 2.33. The van der Waals surface area contributed by atoms with Crippen molar-refractivity contribution in [3.05, 3.63) is 23.8 Å². The predicted octanol–water partition coefficient (Wildman–Crippen LogP) is 2.25. The van der Waals surface area contributed by atoms with Crippen molar-refractivity contribution in [3.8, 4) is 5.75 Å². The Hall–Kier alpha value is -0.843. The molecule has 0 aliphatic carbocycles. The second-order valence-electron chi connectivity index (χ2n) is 3.96. The van der Waals surface area contributed by atoms with E-state index in [9.17, 15) is 5.11 Å². The van der Waals surface area contributed by atoms with Gasteiger partial charge in [0.2, 0.25) is 0 Å². The summed E-state index contributed by atoms with van der Waals surface area (Å²) in [6.07, 6.45) is 1.91. The van der Waals surface area contributed by atoms with Crippen LogP contribution >= 0.6 is 0 Å². The molecule has 0 aliphatic rings. The zero-order chi connectivity index (χ0) is 12.7. The van der Waals surface area contributed by atoms with E-state index in [-0.39, 0.29) is 0 Å². The molecule has 0 spiro atoms. The van der Waals surface area contributed by atoms with Gasteiger partial charge in [0.05, 0.1) is 0 Å². The number of aromatic hydroxyl groups is 1. The minimum atomic E-state index is -1.55. The summed E-state index contributed by atoms with van der Waals surface area (Å²) in [7, 11) is -1.55. The maximum atomic E-state index is 10.0. The third-order valence-corrected chi connectivity index (χ3v) is 4.11. The SMILES string of the molecule is CCCO[Si](OCCC)c1cccc(C)c1O. The van der Waals surface area contributed by atoms with Crippen molar-refractivity contribution in [1.29, 1.82) is 0 Å². The maximum Gasteiger partial charge on any atom is 0.427 e. The Kier molecular flexibility index (Phi) is 6.25. The number of rotatable bonds is 7. The lowest BCUT2D eigenvalue weighted by atomic mass is 10.2. The van der Waals surface area contributed by atoms with Gasteiger partial charge in [-0.25, -0.2) is 0 Å². The van der Waals surface area contributed by atoms with Gasteiger partial charge < -0.3 is 14.0 Å². The molecule has 17 heavy (non-hydrogen) atoms. The molecule has 0 unspecified atom stereocenters. The van der Waals surface area contributed by atoms with Gasteiger partial charge in [0.1, 0.15) is 5.75 Å². The van der Waals surface area contributed by atoms with Gasteiger partial charge in [-0.3, -0.25) is 0 Å². The molecule has 3 nitrogen and oxygen atoms in total. The van der Waals surface area contributed by atoms with E-state index in [0.717, 1.165) is 23.6 Å². The van der Waals surface area contributed by atoms with Crippen LogP contribution in [0.4, 0.5) is 0 Å². The van der Waals surface area contributed by atoms with Crippen LogP contribution in [-0.2, 0) is 8.85 Å². The zero-order valence-electron chi connectivity index (χ0n) is 10.8. The molecule has 95 valence electrons. The minimum Gasteiger partial charge on any atom is -0.508 e. The Morgan fingerprint density at radius 3 is 2.24 bits per heavy atom. The Morgan fingerprint density at radius 2 is 1.71 bits per heavy atom. The summed E-state index contributed by atoms with van der Waals surface area (Å²) in [4.78, 5) is 0. The average molecular weight is 253 g/mol. The Labute approximate surface area is 105 Å². The fourth-order valence-corrected chi connectivity index (χ4v) is 3.21. The van der Waals surface area contributed by atoms with Crippen LogP contribution in [0.25, 0.3) is 0 Å². The van der Waals surface area contributed by atoms with E-state index in [4.69, 9.17) is 8.85 Å². The summed E-state index contributed by atoms with van der Waals surface area (Å²) in [6.45, 7) is 7.36. The molecule has 1 radical (unpaired) electrons. The molecule has 0 aromatic heterocycles. The van der Waals surface area contributed by atoms with Gasteiger partial charge in [-0.1, -0.05) is 32.0 Å². The van der Waals surface area contributed by atoms with Crippen molar-refractivity contribution in [1.82, 2.24) is 0 Å². The van der Waals surface area contributed by atoms with Crippen molar-refractivity contribution in [2.75, 3.05) is 13.2 Å². The van der Waals surface area contributed by atoms with Crippen molar-refractivity contribution < 1.29 is 14.0 Å². The zero-order valence-corrected chi connectivity index (χ0v) is 11.8. The maximum absolute atomic E-state index is 10.0. The molecule has 1 aromatic carbocycles. The van der Waals surface area contributed by atoms with Crippen LogP contribution in [0.2, 0.25) is 0 Å². The standard InChI is InChI=1S/C13H21O3Si/c1-4-9-15-17(16-10-5-2)12-8-6-7-11(3)13(12)14/h6-8,14H,4-5,9-10H2,1-3H3. The summed E-state index contributed by atoms with van der Waals surface area (Å²) in [5, 5.41) is 10.8. The predicted molar refractivity (Wildman–Crippen MR) is 70.7 cm³/mol. The summed E-state index contributed by atoms with van der Waals surface area (Å²) < 4.78 is 11.5. The molecular weight excluding hydrogens is 232 g/mol. The highest BCUT2D eigenvalue weighted by Crippen LogP contribution is 2.13. The molecule has 0 atom stereocenters. The topological polar surface area (TPSA) is 38.7 Å². The molecule has 0 amide bonds. The highest BCUT2D eigenvalue weighted by atomic mass is 28.3. The second kappa shape index (κ2) is 7.48. The quantitative estimate of drug-likeness (QED) is 0.758. The fraction of sp³-hybridized carbons (Fsp3) is 0.538. The van der Waals surface area contributed by atoms with Crippen LogP contribution in [0, 0.1) is 6.92 Å². The van der Waals surface area contributed by atoms with E-state index in [2.05, 4.69) is 13.8 Å². The molecule has 0 saturated carbocycles. The largest absolute Gasteiger partial charge is 0.508 e. The van der Waals surface area contributed by atoms with Crippen molar-refractivity contribution in [3.63, 3.8) is 0 Å². The number of benzene rings is 1. The van der Waals surface area contributed by atoms with E-state index in [1.165, 1.54) is 0 Å². The van der Waals surface area contributed by atoms with Crippen LogP contribution in [0.3, 0.4) is 0 Å². The first-order valence-corrected chi connectivity index (χ1v) is 7.43. The molecule has 4 heteroatoms. The highest BCUT2D eigenvalue weighted by molar-refractivity contribution is 6.62. The Bertz CT molecular complexity index is 333. The van der Waals surface area contributed by atoms with Crippen LogP contribution < -0.4 is 5.19 Å². The van der Waals surface area contributed by atoms with Crippen LogP contribution in [0.15, 0.2) is 18.2 Å². The van der Waals surface area contributed by atoms with Crippen LogP contribution in [0.1, 0.15) is 32.3 Å². The summed E-state index contributed by atoms with van der Waals surface area (Å²) in [5.74, 6) is 0.314. The number of phenolic OH excluding ortho intramolecular Hbond substituents is 1. The summed E-state index contributed by atoms with van der Waals surface area (Å²) >= 11 is 0. The van der Waals surface area contributed by atoms with Crippen LogP contribution in [-0.4, -0.2) is 27.6 Å². The van der Waals surface area contributed by atoms with Gasteiger partial charge in [0.25, 0.3) is 0 Å². The summed E-state index contributed by atoms with van der Waals surface area (Å²) in [6, 6.07) is 5.71. The first kappa shape index (κ1) is 14.2. The first-order valence-electron chi connectivity index (χ1n) is 6.12. The number of para-hydroxylation sites is 1. The molecule has 0 heterocycles. The van der Waals surface area contributed by atoms with Gasteiger partial charge >= 0.3 is 9.28 Å². The smallest absolute Gasteiger partial charge is 0.427 e. The molecule has 0 fully saturated rings. The fourth-order valence-electron chi connectivity index (χ4n) is 1.41. The molecule has 1 N–H and O–H groups in total. The minimum absolute atomic E-state index is 0.314. The van der Waals surface area contributed by atoms with E-state index in [0.29, 0.717) is 19.0 Å². The average Bonchev–Trinajstić information content (AvgIpc) is 2.34. The van der Waals surface area contributed by atoms with Crippen molar-refractivity contribution in [2.45, 2.75) is 33.6 Å². The number of phenols is 1. The Morgan fingerprint density at radius 1 is 1.12 bits per heavy atom. The number of hydrogen-bond donors (Lipinski definition) is 1. The number of hydrogen-bond acceptors (Lipinski definition) is 3. The molecule has 1 aromatic rings. The molecule has 0 saturated heterocycles. The third kappa shape index (κ3) is 4.15. The second-order valence-corrected chi connectivity index (χ2v) is 5.65. The van der Waals surface area contributed by atoms with Gasteiger partial charge in [-0.15, -0.1) is 0 Å². The number of aryl methyl sites for hydroxylation is 1. The van der Waals surface area contributed by atoms with Gasteiger partial charge in [0, 0.05) is 18.4 Å². The summed E-state index contributed by atoms with van der Waals surface area (Å²) in [5.41, 5.74) is 0.866. The lowest BCUT2D eigenvalue weighted by molar-refractivity contribution is 0.207. The lowest BCUT2D eigenvalue weighted by Gasteiger charge is -2.16. The first-order chi connectivity index (χ1) is 8.20. The van der Waals surface area contributed by atoms with Gasteiger partial charge in [-0.2, -0.15) is 0 Å². The van der Waals surface area contributed by atoms with Gasteiger partial charge in [0.15, 0.2) is 0 Å².